The maximum atomic E-state index is 12.5. The first-order valence-electron chi connectivity index (χ1n) is 9.62. The molecule has 1 amide bonds. The van der Waals surface area contributed by atoms with Gasteiger partial charge in [-0.3, -0.25) is 4.79 Å². The molecule has 3 N–H and O–H groups in total. The SMILES string of the molecule is NS(=O)(=O)c1ccc(-n2nc(CC(=O)Nc3ccccc3)cc2-c2ccc(Cl)cc2)cc1. The highest BCUT2D eigenvalue weighted by atomic mass is 35.5. The van der Waals surface area contributed by atoms with Crippen LogP contribution in [-0.4, -0.2) is 24.1 Å². The van der Waals surface area contributed by atoms with Gasteiger partial charge in [0.25, 0.3) is 0 Å². The molecule has 1 aromatic heterocycles. The number of rotatable bonds is 6. The van der Waals surface area contributed by atoms with Gasteiger partial charge in [-0.05, 0) is 54.6 Å². The quantitative estimate of drug-likeness (QED) is 0.447. The Hall–Kier alpha value is -3.46. The van der Waals surface area contributed by atoms with Crippen molar-refractivity contribution in [2.45, 2.75) is 11.3 Å². The second-order valence-corrected chi connectivity index (χ2v) is 9.07. The van der Waals surface area contributed by atoms with Gasteiger partial charge in [-0.25, -0.2) is 18.2 Å². The molecule has 0 unspecified atom stereocenters. The van der Waals surface area contributed by atoms with E-state index in [0.29, 0.717) is 22.1 Å². The third-order valence-corrected chi connectivity index (χ3v) is 5.89. The summed E-state index contributed by atoms with van der Waals surface area (Å²) in [6.07, 6.45) is 0.0672. The van der Waals surface area contributed by atoms with E-state index in [2.05, 4.69) is 10.4 Å². The van der Waals surface area contributed by atoms with Gasteiger partial charge in [0.15, 0.2) is 0 Å². The number of sulfonamides is 1. The third kappa shape index (κ3) is 5.05. The van der Waals surface area contributed by atoms with Crippen molar-refractivity contribution in [1.29, 1.82) is 0 Å². The normalized spacial score (nSPS) is 11.3. The van der Waals surface area contributed by atoms with Crippen molar-refractivity contribution >= 4 is 33.2 Å². The smallest absolute Gasteiger partial charge is 0.238 e. The zero-order valence-electron chi connectivity index (χ0n) is 16.8. The summed E-state index contributed by atoms with van der Waals surface area (Å²) in [6, 6.07) is 24.3. The number of hydrogen-bond donors (Lipinski definition) is 2. The van der Waals surface area contributed by atoms with Crippen molar-refractivity contribution in [2.75, 3.05) is 5.32 Å². The first-order valence-corrected chi connectivity index (χ1v) is 11.5. The molecule has 3 aromatic carbocycles. The van der Waals surface area contributed by atoms with Crippen LogP contribution in [0, 0.1) is 0 Å². The second kappa shape index (κ2) is 8.96. The van der Waals surface area contributed by atoms with Crippen molar-refractivity contribution in [3.05, 3.63) is 95.6 Å². The molecule has 0 atom stereocenters. The summed E-state index contributed by atoms with van der Waals surface area (Å²) >= 11 is 6.02. The largest absolute Gasteiger partial charge is 0.326 e. The summed E-state index contributed by atoms with van der Waals surface area (Å²) in [7, 11) is -3.81. The Morgan fingerprint density at radius 3 is 2.25 bits per heavy atom. The van der Waals surface area contributed by atoms with Crippen LogP contribution in [-0.2, 0) is 21.2 Å². The average Bonchev–Trinajstić information content (AvgIpc) is 3.18. The van der Waals surface area contributed by atoms with E-state index in [1.54, 1.807) is 28.9 Å². The predicted molar refractivity (Wildman–Crippen MR) is 124 cm³/mol. The molecule has 0 aliphatic rings. The van der Waals surface area contributed by atoms with E-state index < -0.39 is 10.0 Å². The fourth-order valence-corrected chi connectivity index (χ4v) is 3.85. The topological polar surface area (TPSA) is 107 Å². The predicted octanol–water partition coefficient (Wildman–Crippen LogP) is 4.02. The molecule has 0 saturated carbocycles. The number of hydrogen-bond acceptors (Lipinski definition) is 4. The van der Waals surface area contributed by atoms with Crippen molar-refractivity contribution < 1.29 is 13.2 Å². The summed E-state index contributed by atoms with van der Waals surface area (Å²) in [6.45, 7) is 0. The summed E-state index contributed by atoms with van der Waals surface area (Å²) < 4.78 is 24.8. The number of primary sulfonamides is 1. The average molecular weight is 467 g/mol. The fourth-order valence-electron chi connectivity index (χ4n) is 3.21. The van der Waals surface area contributed by atoms with Crippen LogP contribution >= 0.6 is 11.6 Å². The molecular formula is C23H19ClN4O3S. The first-order chi connectivity index (χ1) is 15.3. The Balaban J connectivity index is 1.68. The molecule has 7 nitrogen and oxygen atoms in total. The monoisotopic (exact) mass is 466 g/mol. The minimum Gasteiger partial charge on any atom is -0.326 e. The molecule has 0 aliphatic carbocycles. The van der Waals surface area contributed by atoms with E-state index in [4.69, 9.17) is 16.7 Å². The Bertz CT molecular complexity index is 1350. The summed E-state index contributed by atoms with van der Waals surface area (Å²) in [5.41, 5.74) is 3.45. The molecule has 32 heavy (non-hydrogen) atoms. The van der Waals surface area contributed by atoms with Crippen molar-refractivity contribution in [3.63, 3.8) is 0 Å². The molecule has 0 radical (unpaired) electrons. The summed E-state index contributed by atoms with van der Waals surface area (Å²) in [4.78, 5) is 12.5. The number of anilines is 1. The van der Waals surface area contributed by atoms with Crippen LogP contribution in [0.3, 0.4) is 0 Å². The van der Waals surface area contributed by atoms with Crippen LogP contribution in [0.1, 0.15) is 5.69 Å². The lowest BCUT2D eigenvalue weighted by molar-refractivity contribution is -0.115. The molecule has 0 spiro atoms. The second-order valence-electron chi connectivity index (χ2n) is 7.07. The van der Waals surface area contributed by atoms with Gasteiger partial charge in [-0.1, -0.05) is 41.9 Å². The molecule has 0 aliphatic heterocycles. The highest BCUT2D eigenvalue weighted by Gasteiger charge is 2.16. The van der Waals surface area contributed by atoms with Crippen LogP contribution in [0.4, 0.5) is 5.69 Å². The molecule has 1 heterocycles. The molecule has 4 aromatic rings. The molecule has 0 bridgehead atoms. The highest BCUT2D eigenvalue weighted by molar-refractivity contribution is 7.89. The molecule has 162 valence electrons. The van der Waals surface area contributed by atoms with Crippen molar-refractivity contribution in [3.8, 4) is 16.9 Å². The van der Waals surface area contributed by atoms with Gasteiger partial charge >= 0.3 is 0 Å². The lowest BCUT2D eigenvalue weighted by atomic mass is 10.1. The fraction of sp³-hybridized carbons (Fsp3) is 0.0435. The highest BCUT2D eigenvalue weighted by Crippen LogP contribution is 2.26. The number of carbonyl (C=O) groups is 1. The number of halogens is 1. The molecule has 4 rings (SSSR count). The molecule has 9 heteroatoms. The van der Waals surface area contributed by atoms with Gasteiger partial charge in [0.2, 0.25) is 15.9 Å². The van der Waals surface area contributed by atoms with Crippen LogP contribution in [0.2, 0.25) is 5.02 Å². The number of nitrogens with two attached hydrogens (primary N) is 1. The van der Waals surface area contributed by atoms with Crippen LogP contribution in [0.25, 0.3) is 16.9 Å². The van der Waals surface area contributed by atoms with Crippen molar-refractivity contribution in [2.24, 2.45) is 5.14 Å². The zero-order valence-corrected chi connectivity index (χ0v) is 18.3. The third-order valence-electron chi connectivity index (χ3n) is 4.71. The number of amides is 1. The van der Waals surface area contributed by atoms with E-state index in [9.17, 15) is 13.2 Å². The van der Waals surface area contributed by atoms with Crippen LogP contribution in [0.5, 0.6) is 0 Å². The van der Waals surface area contributed by atoms with E-state index in [1.807, 2.05) is 48.5 Å². The van der Waals surface area contributed by atoms with E-state index >= 15 is 0 Å². The maximum Gasteiger partial charge on any atom is 0.238 e. The summed E-state index contributed by atoms with van der Waals surface area (Å²) in [5.74, 6) is -0.201. The Labute approximate surface area is 190 Å². The van der Waals surface area contributed by atoms with Gasteiger partial charge in [0.1, 0.15) is 0 Å². The molecule has 0 fully saturated rings. The molecule has 0 saturated heterocycles. The number of nitrogens with zero attached hydrogens (tertiary/aromatic N) is 2. The number of carbonyl (C=O) groups excluding carboxylic acids is 1. The Morgan fingerprint density at radius 2 is 1.62 bits per heavy atom. The minimum atomic E-state index is -3.81. The van der Waals surface area contributed by atoms with Crippen LogP contribution < -0.4 is 10.5 Å². The standard InChI is InChI=1S/C23H19ClN4O3S/c24-17-8-6-16(7-9-17)22-14-19(15-23(29)26-18-4-2-1-3-5-18)27-28(22)20-10-12-21(13-11-20)32(25,30)31/h1-14H,15H2,(H,26,29)(H2,25,30,31). The van der Waals surface area contributed by atoms with Gasteiger partial charge < -0.3 is 5.32 Å². The zero-order chi connectivity index (χ0) is 22.7. The lowest BCUT2D eigenvalue weighted by Crippen LogP contribution is -2.14. The summed E-state index contributed by atoms with van der Waals surface area (Å²) in [5, 5.41) is 13.2. The van der Waals surface area contributed by atoms with E-state index in [0.717, 1.165) is 11.3 Å². The van der Waals surface area contributed by atoms with E-state index in [-0.39, 0.29) is 17.2 Å². The van der Waals surface area contributed by atoms with Gasteiger partial charge in [0, 0.05) is 16.3 Å². The maximum absolute atomic E-state index is 12.5. The first kappa shape index (κ1) is 21.8. The minimum absolute atomic E-state index is 0.00362. The molecular weight excluding hydrogens is 448 g/mol. The number of nitrogens with one attached hydrogen (secondary N) is 1. The van der Waals surface area contributed by atoms with Crippen LogP contribution in [0.15, 0.2) is 89.8 Å². The Kier molecular flexibility index (Phi) is 6.09. The van der Waals surface area contributed by atoms with E-state index in [1.165, 1.54) is 12.1 Å². The van der Waals surface area contributed by atoms with Crippen molar-refractivity contribution in [1.82, 2.24) is 9.78 Å². The van der Waals surface area contributed by atoms with Gasteiger partial charge in [0.05, 0.1) is 28.4 Å². The van der Waals surface area contributed by atoms with Gasteiger partial charge in [-0.15, -0.1) is 0 Å². The number of aromatic nitrogens is 2. The van der Waals surface area contributed by atoms with Gasteiger partial charge in [-0.2, -0.15) is 5.10 Å². The lowest BCUT2D eigenvalue weighted by Gasteiger charge is -2.08. The number of benzene rings is 3. The number of para-hydroxylation sites is 1. The Morgan fingerprint density at radius 1 is 0.969 bits per heavy atom.